The summed E-state index contributed by atoms with van der Waals surface area (Å²) in [5.41, 5.74) is 8.98. The van der Waals surface area contributed by atoms with E-state index in [4.69, 9.17) is 5.73 Å². The van der Waals surface area contributed by atoms with Gasteiger partial charge in [0, 0.05) is 6.54 Å². The molecular weight excluding hydrogens is 308 g/mol. The van der Waals surface area contributed by atoms with Gasteiger partial charge in [-0.2, -0.15) is 0 Å². The van der Waals surface area contributed by atoms with Gasteiger partial charge < -0.3 is 10.6 Å². The molecule has 0 spiro atoms. The first-order chi connectivity index (χ1) is 12.2. The van der Waals surface area contributed by atoms with Crippen LogP contribution in [0, 0.1) is 0 Å². The van der Waals surface area contributed by atoms with E-state index in [1.807, 2.05) is 71.6 Å². The van der Waals surface area contributed by atoms with Crippen LogP contribution >= 0.6 is 0 Å². The largest absolute Gasteiger partial charge is 0.321 e. The van der Waals surface area contributed by atoms with Crippen molar-refractivity contribution < 1.29 is 4.79 Å². The summed E-state index contributed by atoms with van der Waals surface area (Å²) in [4.78, 5) is 14.6. The van der Waals surface area contributed by atoms with Gasteiger partial charge in [-0.15, -0.1) is 0 Å². The fourth-order valence-corrected chi connectivity index (χ4v) is 3.81. The molecular formula is C22H20N2O. The number of nitrogens with two attached hydrogens (primary N) is 1. The first kappa shape index (κ1) is 15.6. The molecule has 3 nitrogen and oxygen atoms in total. The normalized spacial score (nSPS) is 18.7. The highest BCUT2D eigenvalue weighted by Crippen LogP contribution is 2.47. The van der Waals surface area contributed by atoms with Gasteiger partial charge in [0.15, 0.2) is 0 Å². The summed E-state index contributed by atoms with van der Waals surface area (Å²) < 4.78 is 0. The maximum atomic E-state index is 12.7. The van der Waals surface area contributed by atoms with E-state index in [2.05, 4.69) is 24.3 Å². The first-order valence-corrected chi connectivity index (χ1v) is 8.46. The van der Waals surface area contributed by atoms with Gasteiger partial charge in [-0.25, -0.2) is 0 Å². The quantitative estimate of drug-likeness (QED) is 0.747. The lowest BCUT2D eigenvalue weighted by atomic mass is 9.68. The molecule has 3 heteroatoms. The van der Waals surface area contributed by atoms with Gasteiger partial charge in [-0.3, -0.25) is 4.79 Å². The average molecular weight is 328 g/mol. The number of nitrogens with zero attached hydrogens (tertiary/aromatic N) is 1. The number of benzene rings is 3. The lowest BCUT2D eigenvalue weighted by Crippen LogP contribution is -2.75. The smallest absolute Gasteiger partial charge is 0.244 e. The summed E-state index contributed by atoms with van der Waals surface area (Å²) in [5.74, 6) is -0.0171. The second-order valence-electron chi connectivity index (χ2n) is 6.39. The van der Waals surface area contributed by atoms with Crippen molar-refractivity contribution in [2.45, 2.75) is 18.1 Å². The number of likely N-dealkylation sites (tertiary alicyclic amines) is 1. The van der Waals surface area contributed by atoms with Gasteiger partial charge >= 0.3 is 0 Å². The van der Waals surface area contributed by atoms with Gasteiger partial charge in [-0.05, 0) is 16.7 Å². The molecule has 0 bridgehead atoms. The SMILES string of the molecule is NC1C(=O)N(Cc2ccccc2)C1(c1ccccc1)c1ccccc1. The molecule has 1 aliphatic heterocycles. The van der Waals surface area contributed by atoms with E-state index < -0.39 is 11.6 Å². The molecule has 124 valence electrons. The molecule has 0 aromatic heterocycles. The molecule has 0 aliphatic carbocycles. The van der Waals surface area contributed by atoms with Crippen LogP contribution in [0.25, 0.3) is 0 Å². The Morgan fingerprint density at radius 1 is 0.760 bits per heavy atom. The molecule has 0 saturated carbocycles. The number of hydrogen-bond donors (Lipinski definition) is 1. The van der Waals surface area contributed by atoms with Crippen LogP contribution in [-0.4, -0.2) is 16.8 Å². The van der Waals surface area contributed by atoms with Crippen LogP contribution in [-0.2, 0) is 16.9 Å². The van der Waals surface area contributed by atoms with Crippen molar-refractivity contribution in [1.29, 1.82) is 0 Å². The number of carbonyl (C=O) groups is 1. The highest BCUT2D eigenvalue weighted by atomic mass is 16.2. The van der Waals surface area contributed by atoms with E-state index in [1.54, 1.807) is 0 Å². The molecule has 3 aromatic rings. The van der Waals surface area contributed by atoms with Gasteiger partial charge in [0.1, 0.15) is 11.6 Å². The number of hydrogen-bond acceptors (Lipinski definition) is 2. The zero-order valence-electron chi connectivity index (χ0n) is 13.9. The third kappa shape index (κ3) is 2.36. The minimum Gasteiger partial charge on any atom is -0.321 e. The minimum atomic E-state index is -0.630. The van der Waals surface area contributed by atoms with Crippen LogP contribution in [0.1, 0.15) is 16.7 Å². The second kappa shape index (κ2) is 6.19. The Morgan fingerprint density at radius 3 is 1.68 bits per heavy atom. The van der Waals surface area contributed by atoms with E-state index in [1.165, 1.54) is 0 Å². The summed E-state index contributed by atoms with van der Waals surface area (Å²) >= 11 is 0. The van der Waals surface area contributed by atoms with E-state index >= 15 is 0 Å². The lowest BCUT2D eigenvalue weighted by Gasteiger charge is -2.57. The summed E-state index contributed by atoms with van der Waals surface area (Å²) in [6, 6.07) is 29.6. The number of β-lactam (4-membered cyclic amide) rings is 1. The zero-order valence-corrected chi connectivity index (χ0v) is 13.9. The molecule has 1 aliphatic rings. The van der Waals surface area contributed by atoms with Crippen molar-refractivity contribution in [2.75, 3.05) is 0 Å². The van der Waals surface area contributed by atoms with Crippen molar-refractivity contribution in [3.63, 3.8) is 0 Å². The third-order valence-electron chi connectivity index (χ3n) is 5.02. The van der Waals surface area contributed by atoms with Crippen LogP contribution in [0.4, 0.5) is 0 Å². The van der Waals surface area contributed by atoms with E-state index in [9.17, 15) is 4.79 Å². The summed E-state index contributed by atoms with van der Waals surface area (Å²) in [7, 11) is 0. The molecule has 1 fully saturated rings. The summed E-state index contributed by atoms with van der Waals surface area (Å²) in [6.45, 7) is 0.539. The summed E-state index contributed by atoms with van der Waals surface area (Å²) in [6.07, 6.45) is 0. The Hall–Kier alpha value is -2.91. The molecule has 0 radical (unpaired) electrons. The van der Waals surface area contributed by atoms with E-state index in [0.29, 0.717) is 6.54 Å². The van der Waals surface area contributed by atoms with Crippen molar-refractivity contribution >= 4 is 5.91 Å². The zero-order chi connectivity index (χ0) is 17.3. The van der Waals surface area contributed by atoms with Crippen molar-refractivity contribution in [3.05, 3.63) is 108 Å². The topological polar surface area (TPSA) is 46.3 Å². The molecule has 4 rings (SSSR count). The minimum absolute atomic E-state index is 0.0171. The molecule has 1 atom stereocenters. The van der Waals surface area contributed by atoms with Gasteiger partial charge in [0.05, 0.1) is 0 Å². The fraction of sp³-hybridized carbons (Fsp3) is 0.136. The molecule has 1 heterocycles. The number of amides is 1. The van der Waals surface area contributed by atoms with Crippen molar-refractivity contribution in [3.8, 4) is 0 Å². The number of carbonyl (C=O) groups excluding carboxylic acids is 1. The highest BCUT2D eigenvalue weighted by molar-refractivity contribution is 5.93. The third-order valence-corrected chi connectivity index (χ3v) is 5.02. The van der Waals surface area contributed by atoms with Crippen LogP contribution in [0.5, 0.6) is 0 Å². The molecule has 1 amide bonds. The lowest BCUT2D eigenvalue weighted by molar-refractivity contribution is -0.159. The number of rotatable bonds is 4. The van der Waals surface area contributed by atoms with Crippen LogP contribution in [0.3, 0.4) is 0 Å². The maximum absolute atomic E-state index is 12.7. The van der Waals surface area contributed by atoms with Crippen molar-refractivity contribution in [2.24, 2.45) is 5.73 Å². The van der Waals surface area contributed by atoms with Gasteiger partial charge in [0.25, 0.3) is 0 Å². The Bertz CT molecular complexity index is 823. The van der Waals surface area contributed by atoms with Gasteiger partial charge in [-0.1, -0.05) is 91.0 Å². The Labute approximate surface area is 147 Å². The van der Waals surface area contributed by atoms with Gasteiger partial charge in [0.2, 0.25) is 5.91 Å². The second-order valence-corrected chi connectivity index (χ2v) is 6.39. The van der Waals surface area contributed by atoms with E-state index in [-0.39, 0.29) is 5.91 Å². The first-order valence-electron chi connectivity index (χ1n) is 8.46. The Kier molecular flexibility index (Phi) is 3.86. The Balaban J connectivity index is 1.85. The molecule has 3 aromatic carbocycles. The van der Waals surface area contributed by atoms with Crippen molar-refractivity contribution in [1.82, 2.24) is 4.90 Å². The maximum Gasteiger partial charge on any atom is 0.244 e. The average Bonchev–Trinajstić information content (AvgIpc) is 2.70. The monoisotopic (exact) mass is 328 g/mol. The van der Waals surface area contributed by atoms with E-state index in [0.717, 1.165) is 16.7 Å². The van der Waals surface area contributed by atoms with Crippen LogP contribution in [0.2, 0.25) is 0 Å². The molecule has 2 N–H and O–H groups in total. The Morgan fingerprint density at radius 2 is 1.20 bits per heavy atom. The highest BCUT2D eigenvalue weighted by Gasteiger charge is 2.60. The predicted octanol–water partition coefficient (Wildman–Crippen LogP) is 3.30. The van der Waals surface area contributed by atoms with Crippen LogP contribution < -0.4 is 5.73 Å². The fourth-order valence-electron chi connectivity index (χ4n) is 3.81. The standard InChI is InChI=1S/C22H20N2O/c23-20-21(25)24(16-17-10-4-1-5-11-17)22(20,18-12-6-2-7-13-18)19-14-8-3-9-15-19/h1-15,20H,16,23H2. The predicted molar refractivity (Wildman–Crippen MR) is 98.6 cm³/mol. The summed E-state index contributed by atoms with van der Waals surface area (Å²) in [5, 5.41) is 0. The van der Waals surface area contributed by atoms with Crippen LogP contribution in [0.15, 0.2) is 91.0 Å². The molecule has 1 unspecified atom stereocenters. The molecule has 25 heavy (non-hydrogen) atoms. The molecule has 1 saturated heterocycles.